The summed E-state index contributed by atoms with van der Waals surface area (Å²) in [6.45, 7) is 2.34. The van der Waals surface area contributed by atoms with E-state index in [1.807, 2.05) is 0 Å². The van der Waals surface area contributed by atoms with Crippen molar-refractivity contribution in [3.8, 4) is 5.75 Å². The van der Waals surface area contributed by atoms with E-state index in [1.165, 1.54) is 12.1 Å². The number of benzene rings is 2. The van der Waals surface area contributed by atoms with E-state index in [2.05, 4.69) is 10.1 Å². The number of aliphatic carboxylic acids is 1. The number of carbonyl (C=O) groups is 2. The van der Waals surface area contributed by atoms with Crippen molar-refractivity contribution in [2.75, 3.05) is 16.2 Å². The van der Waals surface area contributed by atoms with E-state index in [0.717, 1.165) is 18.2 Å². The van der Waals surface area contributed by atoms with Crippen LogP contribution in [0.15, 0.2) is 47.4 Å². The highest BCUT2D eigenvalue weighted by Crippen LogP contribution is 2.41. The first-order chi connectivity index (χ1) is 18.8. The molecule has 0 saturated heterocycles. The van der Waals surface area contributed by atoms with Crippen molar-refractivity contribution in [1.82, 2.24) is 0 Å². The minimum atomic E-state index is -4.90. The Kier molecular flexibility index (Phi) is 8.77. The van der Waals surface area contributed by atoms with E-state index < -0.39 is 69.1 Å². The Labute approximate surface area is 231 Å². The molecule has 0 radical (unpaired) electrons. The maximum atomic E-state index is 13.6. The fourth-order valence-corrected chi connectivity index (χ4v) is 5.44. The quantitative estimate of drug-likeness (QED) is 0.348. The first-order valence-corrected chi connectivity index (χ1v) is 13.5. The van der Waals surface area contributed by atoms with E-state index >= 15 is 0 Å². The number of hydrogen-bond donors (Lipinski definition) is 2. The number of nitrogens with one attached hydrogen (secondary N) is 1. The van der Waals surface area contributed by atoms with Gasteiger partial charge < -0.3 is 14.6 Å². The van der Waals surface area contributed by atoms with Gasteiger partial charge in [-0.25, -0.2) is 13.2 Å². The van der Waals surface area contributed by atoms with Crippen LogP contribution in [-0.2, 0) is 25.7 Å². The Morgan fingerprint density at radius 2 is 1.78 bits per heavy atom. The van der Waals surface area contributed by atoms with E-state index in [-0.39, 0.29) is 30.0 Å². The third-order valence-corrected chi connectivity index (χ3v) is 8.08. The molecule has 0 unspecified atom stereocenters. The zero-order valence-electron chi connectivity index (χ0n) is 21.8. The number of fused-ring (bicyclic) bond motifs is 1. The van der Waals surface area contributed by atoms with Gasteiger partial charge in [-0.2, -0.15) is 26.3 Å². The number of nitrogens with zero attached hydrogens (tertiary/aromatic N) is 1. The molecule has 2 aromatic rings. The van der Waals surface area contributed by atoms with E-state index in [0.29, 0.717) is 30.3 Å². The molecule has 2 N–H and O–H groups in total. The second-order valence-corrected chi connectivity index (χ2v) is 11.5. The minimum Gasteiger partial charge on any atom is -0.486 e. The SMILES string of the molecule is CC[C@H](C[C@H]1CN(S(=O)(=O)c2cccc(C(F)(F)F)c2)c2cc(NC(=O)OC(C)(C)C(F)(F)F)ccc2O1)C(=O)O. The van der Waals surface area contributed by atoms with Gasteiger partial charge in [-0.05, 0) is 63.1 Å². The molecule has 2 aromatic carbocycles. The molecule has 1 amide bonds. The molecule has 0 aromatic heterocycles. The van der Waals surface area contributed by atoms with Gasteiger partial charge in [0.2, 0.25) is 5.60 Å². The Morgan fingerprint density at radius 1 is 1.12 bits per heavy atom. The Hall–Kier alpha value is -3.69. The second kappa shape index (κ2) is 11.3. The van der Waals surface area contributed by atoms with Crippen molar-refractivity contribution in [3.05, 3.63) is 48.0 Å². The number of halogens is 6. The molecule has 1 aliphatic rings. The number of carboxylic acids is 1. The zero-order chi connectivity index (χ0) is 31.0. The lowest BCUT2D eigenvalue weighted by atomic mass is 9.98. The molecule has 1 aliphatic heterocycles. The molecule has 0 spiro atoms. The van der Waals surface area contributed by atoms with E-state index in [4.69, 9.17) is 4.74 Å². The summed E-state index contributed by atoms with van der Waals surface area (Å²) in [5.41, 5.74) is -4.56. The molecule has 226 valence electrons. The average Bonchev–Trinajstić information content (AvgIpc) is 2.85. The number of rotatable bonds is 8. The zero-order valence-corrected chi connectivity index (χ0v) is 22.7. The van der Waals surface area contributed by atoms with Crippen LogP contribution in [0.5, 0.6) is 5.75 Å². The predicted molar refractivity (Wildman–Crippen MR) is 133 cm³/mol. The number of ether oxygens (including phenoxy) is 2. The van der Waals surface area contributed by atoms with Crippen LogP contribution in [0.4, 0.5) is 42.5 Å². The van der Waals surface area contributed by atoms with Crippen molar-refractivity contribution in [1.29, 1.82) is 0 Å². The number of hydrogen-bond acceptors (Lipinski definition) is 6. The predicted octanol–water partition coefficient (Wildman–Crippen LogP) is 6.05. The van der Waals surface area contributed by atoms with Gasteiger partial charge in [-0.15, -0.1) is 0 Å². The summed E-state index contributed by atoms with van der Waals surface area (Å²) in [5, 5.41) is 11.5. The summed E-state index contributed by atoms with van der Waals surface area (Å²) in [5.74, 6) is -2.20. The molecule has 41 heavy (non-hydrogen) atoms. The van der Waals surface area contributed by atoms with Gasteiger partial charge >= 0.3 is 24.4 Å². The van der Waals surface area contributed by atoms with Gasteiger partial charge in [0.05, 0.1) is 28.6 Å². The summed E-state index contributed by atoms with van der Waals surface area (Å²) < 4.78 is 118. The summed E-state index contributed by atoms with van der Waals surface area (Å²) >= 11 is 0. The largest absolute Gasteiger partial charge is 0.486 e. The lowest BCUT2D eigenvalue weighted by molar-refractivity contribution is -0.242. The Morgan fingerprint density at radius 3 is 2.34 bits per heavy atom. The van der Waals surface area contributed by atoms with Gasteiger partial charge in [0.15, 0.2) is 0 Å². The maximum absolute atomic E-state index is 13.6. The molecule has 9 nitrogen and oxygen atoms in total. The molecule has 2 atom stereocenters. The van der Waals surface area contributed by atoms with Crippen LogP contribution in [0, 0.1) is 5.92 Å². The van der Waals surface area contributed by atoms with Crippen LogP contribution < -0.4 is 14.4 Å². The topological polar surface area (TPSA) is 122 Å². The third kappa shape index (κ3) is 7.15. The molecule has 0 fully saturated rings. The van der Waals surface area contributed by atoms with Crippen molar-refractivity contribution in [2.24, 2.45) is 5.92 Å². The first kappa shape index (κ1) is 31.8. The van der Waals surface area contributed by atoms with Crippen molar-refractivity contribution in [2.45, 2.75) is 62.6 Å². The molecule has 0 aliphatic carbocycles. The number of anilines is 2. The summed E-state index contributed by atoms with van der Waals surface area (Å²) in [6.07, 6.45) is -12.2. The first-order valence-electron chi connectivity index (χ1n) is 12.1. The molecule has 1 heterocycles. The standard InChI is InChI=1S/C25H26F6N2O7S/c1-4-14(21(34)35)10-17-13-33(41(37,38)18-7-5-6-15(11-18)24(26,27)28)19-12-16(8-9-20(19)39-17)32-22(36)40-23(2,3)25(29,30)31/h5-9,11-12,14,17H,4,10,13H2,1-3H3,(H,32,36)(H,34,35)/t14-,17+/m1/s1. The fraction of sp³-hybridized carbons (Fsp3) is 0.440. The van der Waals surface area contributed by atoms with Gasteiger partial charge in [0, 0.05) is 5.69 Å². The average molecular weight is 613 g/mol. The summed E-state index contributed by atoms with van der Waals surface area (Å²) in [7, 11) is -4.73. The van der Waals surface area contributed by atoms with E-state index in [1.54, 1.807) is 6.92 Å². The van der Waals surface area contributed by atoms with Crippen LogP contribution >= 0.6 is 0 Å². The van der Waals surface area contributed by atoms with Crippen molar-refractivity contribution < 1.29 is 58.9 Å². The number of carbonyl (C=O) groups excluding carboxylic acids is 1. The van der Waals surface area contributed by atoms with Crippen molar-refractivity contribution in [3.63, 3.8) is 0 Å². The Bertz CT molecular complexity index is 1410. The molecular weight excluding hydrogens is 586 g/mol. The monoisotopic (exact) mass is 612 g/mol. The van der Waals surface area contributed by atoms with Gasteiger partial charge in [-0.3, -0.25) is 14.4 Å². The smallest absolute Gasteiger partial charge is 0.427 e. The van der Waals surface area contributed by atoms with Crippen LogP contribution in [0.25, 0.3) is 0 Å². The number of amides is 1. The minimum absolute atomic E-state index is 0.119. The molecule has 3 rings (SSSR count). The van der Waals surface area contributed by atoms with Gasteiger partial charge in [0.1, 0.15) is 11.9 Å². The fourth-order valence-electron chi connectivity index (χ4n) is 3.89. The molecular formula is C25H26F6N2O7S. The lowest BCUT2D eigenvalue weighted by Gasteiger charge is -2.36. The lowest BCUT2D eigenvalue weighted by Crippen LogP contribution is -2.45. The highest BCUT2D eigenvalue weighted by Gasteiger charge is 2.51. The third-order valence-electron chi connectivity index (χ3n) is 6.31. The number of alkyl halides is 6. The Balaban J connectivity index is 2.03. The molecule has 16 heteroatoms. The van der Waals surface area contributed by atoms with Gasteiger partial charge in [0.25, 0.3) is 10.0 Å². The van der Waals surface area contributed by atoms with Crippen molar-refractivity contribution >= 4 is 33.5 Å². The van der Waals surface area contributed by atoms with E-state index in [9.17, 15) is 49.5 Å². The van der Waals surface area contributed by atoms with Crippen LogP contribution in [0.3, 0.4) is 0 Å². The van der Waals surface area contributed by atoms with Crippen LogP contribution in [0.1, 0.15) is 39.2 Å². The highest BCUT2D eigenvalue weighted by molar-refractivity contribution is 7.92. The summed E-state index contributed by atoms with van der Waals surface area (Å²) in [4.78, 5) is 23.0. The summed E-state index contributed by atoms with van der Waals surface area (Å²) in [6, 6.07) is 6.36. The normalized spacial score (nSPS) is 16.8. The molecule has 0 saturated carbocycles. The highest BCUT2D eigenvalue weighted by atomic mass is 32.2. The van der Waals surface area contributed by atoms with Crippen LogP contribution in [-0.4, -0.2) is 50.0 Å². The molecule has 0 bridgehead atoms. The van der Waals surface area contributed by atoms with Crippen LogP contribution in [0.2, 0.25) is 0 Å². The van der Waals surface area contributed by atoms with Gasteiger partial charge in [-0.1, -0.05) is 13.0 Å². The second-order valence-electron chi connectivity index (χ2n) is 9.69. The number of carboxylic acid groups (broad SMARTS) is 1. The maximum Gasteiger partial charge on any atom is 0.427 e. The number of sulfonamides is 1.